The van der Waals surface area contributed by atoms with Crippen LogP contribution in [0.25, 0.3) is 11.1 Å². The molecule has 3 atom stereocenters. The first-order chi connectivity index (χ1) is 31.2. The minimum atomic E-state index is -0.884. The number of halogens is 1. The van der Waals surface area contributed by atoms with Crippen molar-refractivity contribution >= 4 is 35.2 Å². The summed E-state index contributed by atoms with van der Waals surface area (Å²) in [6.07, 6.45) is 0.964. The summed E-state index contributed by atoms with van der Waals surface area (Å²) < 4.78 is 17.8. The fourth-order valence-electron chi connectivity index (χ4n) is 9.31. The summed E-state index contributed by atoms with van der Waals surface area (Å²) in [7, 11) is 0. The Morgan fingerprint density at radius 2 is 1.45 bits per heavy atom. The third-order valence-corrected chi connectivity index (χ3v) is 13.0. The lowest BCUT2D eigenvalue weighted by Gasteiger charge is -2.63. The number of carbonyl (C=O) groups excluding carboxylic acids is 4. The number of nitriles is 2. The van der Waals surface area contributed by atoms with Gasteiger partial charge in [0.05, 0.1) is 34.9 Å². The van der Waals surface area contributed by atoms with Gasteiger partial charge in [0.1, 0.15) is 49.0 Å². The number of amides is 4. The van der Waals surface area contributed by atoms with Crippen molar-refractivity contribution in [2.45, 2.75) is 98.5 Å². The van der Waals surface area contributed by atoms with Crippen molar-refractivity contribution in [3.63, 3.8) is 0 Å². The lowest BCUT2D eigenvalue weighted by molar-refractivity contribution is -0.164. The topological polar surface area (TPSA) is 183 Å². The second-order valence-corrected chi connectivity index (χ2v) is 19.7. The van der Waals surface area contributed by atoms with Crippen molar-refractivity contribution in [2.75, 3.05) is 26.4 Å². The van der Waals surface area contributed by atoms with Crippen LogP contribution in [0.2, 0.25) is 5.02 Å². The fraction of sp³-hybridized carbons (Fsp3) is 0.423. The highest BCUT2D eigenvalue weighted by Gasteiger charge is 2.64. The Morgan fingerprint density at radius 3 is 2.05 bits per heavy atom. The van der Waals surface area contributed by atoms with Gasteiger partial charge in [-0.3, -0.25) is 19.2 Å². The second-order valence-electron chi connectivity index (χ2n) is 19.3. The smallest absolute Gasteiger partial charge is 0.251 e. The molecule has 2 fully saturated rings. The Kier molecular flexibility index (Phi) is 15.2. The molecule has 4 aromatic rings. The van der Waals surface area contributed by atoms with Crippen LogP contribution < -0.4 is 25.4 Å². The normalized spacial score (nSPS) is 19.2. The lowest BCUT2D eigenvalue weighted by Crippen LogP contribution is -2.74. The van der Waals surface area contributed by atoms with Crippen LogP contribution in [-0.4, -0.2) is 79.1 Å². The van der Waals surface area contributed by atoms with Crippen molar-refractivity contribution in [1.82, 2.24) is 20.9 Å². The molecule has 1 aliphatic carbocycles. The Balaban J connectivity index is 0.934. The molecule has 6 rings (SSSR count). The van der Waals surface area contributed by atoms with Gasteiger partial charge in [-0.2, -0.15) is 10.5 Å². The van der Waals surface area contributed by atoms with Crippen molar-refractivity contribution in [1.29, 1.82) is 10.5 Å². The van der Waals surface area contributed by atoms with Gasteiger partial charge in [-0.25, -0.2) is 0 Å². The predicted octanol–water partition coefficient (Wildman–Crippen LogP) is 8.16. The molecular formula is C52H59ClN6O7. The molecule has 66 heavy (non-hydrogen) atoms. The van der Waals surface area contributed by atoms with E-state index in [1.54, 1.807) is 59.5 Å². The number of nitrogens with zero attached hydrogens (tertiary/aromatic N) is 3. The van der Waals surface area contributed by atoms with Gasteiger partial charge in [-0.1, -0.05) is 96.5 Å². The Labute approximate surface area is 392 Å². The largest absolute Gasteiger partial charge is 0.491 e. The average Bonchev–Trinajstić information content (AvgIpc) is 3.79. The first kappa shape index (κ1) is 49.0. The number of hydrogen-bond acceptors (Lipinski definition) is 9. The van der Waals surface area contributed by atoms with Gasteiger partial charge in [0.25, 0.3) is 5.91 Å². The van der Waals surface area contributed by atoms with E-state index < -0.39 is 34.2 Å². The number of nitrogens with one attached hydrogen (secondary N) is 3. The van der Waals surface area contributed by atoms with Crippen LogP contribution in [0.1, 0.15) is 101 Å². The van der Waals surface area contributed by atoms with Crippen LogP contribution in [0.4, 0.5) is 0 Å². The molecule has 14 heteroatoms. The van der Waals surface area contributed by atoms with Crippen LogP contribution in [0.15, 0.2) is 91.0 Å². The van der Waals surface area contributed by atoms with Gasteiger partial charge < -0.3 is 35.1 Å². The molecule has 0 radical (unpaired) electrons. The molecule has 3 N–H and O–H groups in total. The Morgan fingerprint density at radius 1 is 0.833 bits per heavy atom. The van der Waals surface area contributed by atoms with E-state index in [1.165, 1.54) is 0 Å². The molecule has 1 aliphatic heterocycles. The quantitative estimate of drug-likeness (QED) is 0.0934. The zero-order valence-electron chi connectivity index (χ0n) is 38.9. The summed E-state index contributed by atoms with van der Waals surface area (Å²) in [6, 6.07) is 29.1. The SMILES string of the molecule is C[C@H](NC(=O)[C@@H]1CCCN1C(=O)[C@@H](NC(=O)COCCOc1ccc(-c2ccc(C(=O)N[C@H]3C(C)(C)[C@H](Oc4ccc(C#N)c(Cl)c4)C3(C)C)cc2)cc1)C(C)(C)C)c1ccc(C#N)cc1. The minimum Gasteiger partial charge on any atom is -0.491 e. The van der Waals surface area contributed by atoms with Crippen LogP contribution in [0, 0.1) is 38.9 Å². The minimum absolute atomic E-state index is 0.132. The molecule has 0 aromatic heterocycles. The highest BCUT2D eigenvalue weighted by molar-refractivity contribution is 6.31. The third kappa shape index (κ3) is 11.2. The number of benzene rings is 4. The molecule has 4 amide bonds. The zero-order valence-corrected chi connectivity index (χ0v) is 39.6. The highest BCUT2D eigenvalue weighted by Crippen LogP contribution is 2.55. The van der Waals surface area contributed by atoms with Gasteiger partial charge in [-0.15, -0.1) is 0 Å². The van der Waals surface area contributed by atoms with Gasteiger partial charge in [0, 0.05) is 35.0 Å². The number of carbonyl (C=O) groups is 4. The highest BCUT2D eigenvalue weighted by atomic mass is 35.5. The van der Waals surface area contributed by atoms with E-state index in [4.69, 9.17) is 31.1 Å². The predicted molar refractivity (Wildman–Crippen MR) is 251 cm³/mol. The molecule has 1 saturated heterocycles. The van der Waals surface area contributed by atoms with Crippen LogP contribution >= 0.6 is 11.6 Å². The number of hydrogen-bond donors (Lipinski definition) is 3. The van der Waals surface area contributed by atoms with Crippen LogP contribution in [0.5, 0.6) is 11.5 Å². The maximum Gasteiger partial charge on any atom is 0.251 e. The third-order valence-electron chi connectivity index (χ3n) is 12.6. The molecule has 0 spiro atoms. The molecule has 1 heterocycles. The summed E-state index contributed by atoms with van der Waals surface area (Å²) in [4.78, 5) is 55.4. The van der Waals surface area contributed by atoms with Gasteiger partial charge in [0.2, 0.25) is 17.7 Å². The summed E-state index contributed by atoms with van der Waals surface area (Å²) in [5.74, 6) is -0.0223. The Bertz CT molecular complexity index is 2470. The van der Waals surface area contributed by atoms with E-state index in [9.17, 15) is 24.4 Å². The number of rotatable bonds is 16. The molecule has 13 nitrogen and oxygen atoms in total. The molecule has 4 aromatic carbocycles. The van der Waals surface area contributed by atoms with Gasteiger partial charge >= 0.3 is 0 Å². The van der Waals surface area contributed by atoms with Gasteiger partial charge in [-0.05, 0) is 90.4 Å². The molecule has 1 saturated carbocycles. The molecule has 0 bridgehead atoms. The number of likely N-dealkylation sites (tertiary alicyclic amines) is 1. The van der Waals surface area contributed by atoms with Crippen molar-refractivity contribution in [2.24, 2.45) is 16.2 Å². The summed E-state index contributed by atoms with van der Waals surface area (Å²) in [5.41, 5.74) is 2.74. The maximum absolute atomic E-state index is 13.9. The summed E-state index contributed by atoms with van der Waals surface area (Å²) in [6.45, 7) is 16.2. The first-order valence-corrected chi connectivity index (χ1v) is 22.6. The van der Waals surface area contributed by atoms with Gasteiger partial charge in [0.15, 0.2) is 0 Å². The van der Waals surface area contributed by atoms with E-state index in [1.807, 2.05) is 64.1 Å². The fourth-order valence-corrected chi connectivity index (χ4v) is 9.52. The first-order valence-electron chi connectivity index (χ1n) is 22.2. The van der Waals surface area contributed by atoms with Crippen molar-refractivity contribution in [3.05, 3.63) is 118 Å². The average molecular weight is 916 g/mol. The monoisotopic (exact) mass is 914 g/mol. The van der Waals surface area contributed by atoms with E-state index in [0.717, 1.165) is 16.7 Å². The molecule has 0 unspecified atom stereocenters. The van der Waals surface area contributed by atoms with E-state index in [2.05, 4.69) is 55.8 Å². The van der Waals surface area contributed by atoms with Crippen LogP contribution in [0.3, 0.4) is 0 Å². The van der Waals surface area contributed by atoms with E-state index in [0.29, 0.717) is 52.6 Å². The lowest BCUT2D eigenvalue weighted by atomic mass is 9.49. The standard InChI is InChI=1S/C52H59ClN6O7/c1-32(34-13-11-33(29-54)12-14-34)56-46(62)42-10-9-25-59(42)47(63)44(50(2,3)4)57-43(60)31-64-26-27-65-39-22-19-36(20-23-39)35-15-17-37(18-16-35)45(61)58-48-51(5,6)49(52(48,7)8)66-40-24-21-38(30-55)41(53)28-40/h11-24,28,32,42,44,48-49H,9-10,25-27,31H2,1-8H3,(H,56,62)(H,57,60)(H,58,61)/t32-,42-,44+,48-,49-/m0/s1. The second kappa shape index (κ2) is 20.4. The summed E-state index contributed by atoms with van der Waals surface area (Å²) in [5, 5.41) is 27.7. The molecule has 2 aliphatic rings. The van der Waals surface area contributed by atoms with E-state index >= 15 is 0 Å². The van der Waals surface area contributed by atoms with E-state index in [-0.39, 0.29) is 55.7 Å². The van der Waals surface area contributed by atoms with Crippen molar-refractivity contribution < 1.29 is 33.4 Å². The maximum atomic E-state index is 13.9. The summed E-state index contributed by atoms with van der Waals surface area (Å²) >= 11 is 6.24. The number of ether oxygens (including phenoxy) is 3. The Hall–Kier alpha value is -6.41. The van der Waals surface area contributed by atoms with Crippen molar-refractivity contribution in [3.8, 4) is 34.8 Å². The van der Waals surface area contributed by atoms with Crippen LogP contribution in [-0.2, 0) is 19.1 Å². The molecule has 346 valence electrons. The zero-order chi connectivity index (χ0) is 48.0. The molecular weight excluding hydrogens is 856 g/mol.